The smallest absolute Gasteiger partial charge is 0.416 e. The highest BCUT2D eigenvalue weighted by atomic mass is 79.9. The van der Waals surface area contributed by atoms with Crippen molar-refractivity contribution < 1.29 is 45.4 Å². The van der Waals surface area contributed by atoms with Gasteiger partial charge in [0.25, 0.3) is 10.0 Å². The predicted octanol–water partition coefficient (Wildman–Crippen LogP) is 4.85. The van der Waals surface area contributed by atoms with Crippen LogP contribution in [0, 0.1) is 5.41 Å². The van der Waals surface area contributed by atoms with Gasteiger partial charge in [0.05, 0.1) is 36.9 Å². The van der Waals surface area contributed by atoms with Crippen molar-refractivity contribution in [2.75, 3.05) is 31.6 Å². The Morgan fingerprint density at radius 2 is 1.85 bits per heavy atom. The first-order valence-electron chi connectivity index (χ1n) is 11.1. The van der Waals surface area contributed by atoms with E-state index in [1.807, 2.05) is 0 Å². The van der Waals surface area contributed by atoms with Crippen LogP contribution < -0.4 is 9.04 Å². The summed E-state index contributed by atoms with van der Waals surface area (Å²) in [6.45, 7) is -0.789. The zero-order chi connectivity index (χ0) is 29.0. The fourth-order valence-electron chi connectivity index (χ4n) is 4.20. The Morgan fingerprint density at radius 1 is 1.18 bits per heavy atom. The molecule has 0 aromatic heterocycles. The van der Waals surface area contributed by atoms with Gasteiger partial charge in [-0.15, -0.1) is 0 Å². The van der Waals surface area contributed by atoms with Crippen LogP contribution in [0.15, 0.2) is 56.9 Å². The molecule has 0 N–H and O–H groups in total. The molecule has 11 nitrogen and oxygen atoms in total. The molecule has 39 heavy (non-hydrogen) atoms. The van der Waals surface area contributed by atoms with Crippen molar-refractivity contribution in [3.05, 3.63) is 62.9 Å². The minimum atomic E-state index is -4.79. The van der Waals surface area contributed by atoms with Gasteiger partial charge in [0.1, 0.15) is 11.9 Å². The number of fused-ring (bicyclic) bond motifs is 1. The molecular formula is C23H22BrF3N4O7S. The van der Waals surface area contributed by atoms with Crippen LogP contribution in [0.4, 0.5) is 18.9 Å². The highest BCUT2D eigenvalue weighted by Gasteiger charge is 2.51. The Balaban J connectivity index is 2.11. The van der Waals surface area contributed by atoms with Crippen molar-refractivity contribution in [3.63, 3.8) is 0 Å². The summed E-state index contributed by atoms with van der Waals surface area (Å²) < 4.78 is 84.3. The molecule has 2 aromatic rings. The molecule has 2 aromatic carbocycles. The number of hydrogen-bond donors (Lipinski definition) is 0. The first-order valence-corrected chi connectivity index (χ1v) is 13.4. The van der Waals surface area contributed by atoms with E-state index in [0.717, 1.165) is 36.7 Å². The second-order valence-electron chi connectivity index (χ2n) is 8.39. The molecule has 1 heterocycles. The Labute approximate surface area is 229 Å². The molecular weight excluding hydrogens is 613 g/mol. The molecule has 3 rings (SSSR count). The van der Waals surface area contributed by atoms with E-state index in [2.05, 4.69) is 26.0 Å². The normalized spacial score (nSPS) is 15.4. The molecule has 0 radical (unpaired) electrons. The van der Waals surface area contributed by atoms with Crippen LogP contribution in [0.5, 0.6) is 5.75 Å². The number of carbonyl (C=O) groups is 2. The predicted molar refractivity (Wildman–Crippen MR) is 134 cm³/mol. The van der Waals surface area contributed by atoms with Gasteiger partial charge in [0, 0.05) is 22.4 Å². The molecule has 0 unspecified atom stereocenters. The van der Waals surface area contributed by atoms with Crippen LogP contribution in [0.1, 0.15) is 18.4 Å². The summed E-state index contributed by atoms with van der Waals surface area (Å²) in [5.74, 6) is -2.02. The number of hydrogen-bond acceptors (Lipinski definition) is 8. The lowest BCUT2D eigenvalue weighted by Gasteiger charge is -2.38. The number of anilines is 1. The van der Waals surface area contributed by atoms with Gasteiger partial charge in [0.2, 0.25) is 0 Å². The molecule has 0 fully saturated rings. The number of rotatable bonds is 9. The van der Waals surface area contributed by atoms with Crippen LogP contribution in [0.3, 0.4) is 0 Å². The Bertz CT molecular complexity index is 1400. The topological polar surface area (TPSA) is 148 Å². The zero-order valence-corrected chi connectivity index (χ0v) is 22.9. The van der Waals surface area contributed by atoms with Gasteiger partial charge < -0.3 is 14.2 Å². The lowest BCUT2D eigenvalue weighted by Crippen LogP contribution is -2.50. The maximum absolute atomic E-state index is 13.7. The van der Waals surface area contributed by atoms with Crippen LogP contribution in [-0.2, 0) is 35.3 Å². The number of alkyl halides is 3. The van der Waals surface area contributed by atoms with E-state index in [-0.39, 0.29) is 24.4 Å². The van der Waals surface area contributed by atoms with E-state index in [1.54, 1.807) is 6.07 Å². The summed E-state index contributed by atoms with van der Waals surface area (Å²) in [4.78, 5) is 27.7. The van der Waals surface area contributed by atoms with Crippen molar-refractivity contribution in [1.82, 2.24) is 0 Å². The number of carbonyl (C=O) groups excluding carboxylic acids is 2. The molecule has 0 amide bonds. The van der Waals surface area contributed by atoms with Crippen molar-refractivity contribution in [2.45, 2.75) is 30.0 Å². The zero-order valence-electron chi connectivity index (χ0n) is 20.5. The fourth-order valence-corrected chi connectivity index (χ4v) is 6.09. The molecule has 0 spiro atoms. The van der Waals surface area contributed by atoms with Crippen LogP contribution in [0.2, 0.25) is 0 Å². The fraction of sp³-hybridized carbons (Fsp3) is 0.391. The highest BCUT2D eigenvalue weighted by Crippen LogP contribution is 2.43. The van der Waals surface area contributed by atoms with Gasteiger partial charge >= 0.3 is 18.1 Å². The molecule has 1 aliphatic heterocycles. The van der Waals surface area contributed by atoms with Crippen molar-refractivity contribution >= 4 is 43.6 Å². The van der Waals surface area contributed by atoms with E-state index in [9.17, 15) is 31.2 Å². The Hall–Kier alpha value is -3.49. The standard InChI is InChI=1S/C23H22BrF3N4O7S/c1-36-20(32)22(21(33)37-2,8-9-29-30-28)12-16-13-31(18-11-15(24)6-7-19(18)38-16)39(34,35)17-5-3-4-14(10-17)23(25,26)27/h3-7,10-11,16H,8-9,12-13H2,1-2H3/t16-/m0/s1. The number of esters is 2. The lowest BCUT2D eigenvalue weighted by atomic mass is 9.78. The van der Waals surface area contributed by atoms with Crippen molar-refractivity contribution in [3.8, 4) is 5.75 Å². The Kier molecular flexibility index (Phi) is 9.03. The number of methoxy groups -OCH3 is 2. The third-order valence-corrected chi connectivity index (χ3v) is 8.30. The third kappa shape index (κ3) is 6.23. The maximum atomic E-state index is 13.7. The van der Waals surface area contributed by atoms with Crippen LogP contribution >= 0.6 is 15.9 Å². The van der Waals surface area contributed by atoms with Gasteiger partial charge in [-0.1, -0.05) is 27.1 Å². The molecule has 0 saturated carbocycles. The molecule has 1 aliphatic rings. The second kappa shape index (κ2) is 11.7. The van der Waals surface area contributed by atoms with Gasteiger partial charge in [0.15, 0.2) is 5.41 Å². The summed E-state index contributed by atoms with van der Waals surface area (Å²) in [5, 5.41) is 3.37. The lowest BCUT2D eigenvalue weighted by molar-refractivity contribution is -0.171. The molecule has 16 heteroatoms. The van der Waals surface area contributed by atoms with Crippen LogP contribution in [0.25, 0.3) is 10.4 Å². The van der Waals surface area contributed by atoms with E-state index >= 15 is 0 Å². The van der Waals surface area contributed by atoms with E-state index in [4.69, 9.17) is 19.7 Å². The summed E-state index contributed by atoms with van der Waals surface area (Å²) in [7, 11) is -2.53. The molecule has 0 bridgehead atoms. The van der Waals surface area contributed by atoms with E-state index in [1.165, 1.54) is 12.1 Å². The number of sulfonamides is 1. The average Bonchev–Trinajstić information content (AvgIpc) is 2.90. The molecule has 210 valence electrons. The van der Waals surface area contributed by atoms with Gasteiger partial charge in [-0.25, -0.2) is 8.42 Å². The largest absolute Gasteiger partial charge is 0.486 e. The first kappa shape index (κ1) is 30.1. The maximum Gasteiger partial charge on any atom is 0.416 e. The molecule has 0 saturated heterocycles. The third-order valence-electron chi connectivity index (χ3n) is 6.03. The SMILES string of the molecule is COC(=O)C(CCN=[N+]=[N-])(C[C@H]1CN(S(=O)(=O)c2cccc(C(F)(F)F)c2)c2cc(Br)ccc2O1)C(=O)OC. The minimum Gasteiger partial charge on any atom is -0.486 e. The van der Waals surface area contributed by atoms with E-state index in [0.29, 0.717) is 10.5 Å². The Morgan fingerprint density at radius 3 is 2.44 bits per heavy atom. The van der Waals surface area contributed by atoms with Gasteiger partial charge in [-0.05, 0) is 48.4 Å². The van der Waals surface area contributed by atoms with Gasteiger partial charge in [-0.2, -0.15) is 13.2 Å². The van der Waals surface area contributed by atoms with Crippen molar-refractivity contribution in [2.24, 2.45) is 10.5 Å². The molecule has 1 atom stereocenters. The van der Waals surface area contributed by atoms with Crippen molar-refractivity contribution in [1.29, 1.82) is 0 Å². The summed E-state index contributed by atoms with van der Waals surface area (Å²) in [5.41, 5.74) is 5.49. The van der Waals surface area contributed by atoms with Crippen LogP contribution in [-0.4, -0.2) is 53.8 Å². The first-order chi connectivity index (χ1) is 18.3. The second-order valence-corrected chi connectivity index (χ2v) is 11.2. The summed E-state index contributed by atoms with van der Waals surface area (Å²) in [6.07, 6.45) is -6.77. The number of azide groups is 1. The average molecular weight is 635 g/mol. The van der Waals surface area contributed by atoms with Gasteiger partial charge in [-0.3, -0.25) is 13.9 Å². The number of ether oxygens (including phenoxy) is 3. The number of nitrogens with zero attached hydrogens (tertiary/aromatic N) is 4. The summed E-state index contributed by atoms with van der Waals surface area (Å²) in [6, 6.07) is 7.65. The monoisotopic (exact) mass is 634 g/mol. The quantitative estimate of drug-likeness (QED) is 0.126. The number of halogens is 4. The minimum absolute atomic E-state index is 0.0221. The number of benzene rings is 2. The highest BCUT2D eigenvalue weighted by molar-refractivity contribution is 9.10. The molecule has 0 aliphatic carbocycles. The summed E-state index contributed by atoms with van der Waals surface area (Å²) >= 11 is 3.25. The van der Waals surface area contributed by atoms with E-state index < -0.39 is 63.1 Å².